The lowest BCUT2D eigenvalue weighted by Gasteiger charge is -2.41. The van der Waals surface area contributed by atoms with Crippen LogP contribution in [-0.4, -0.2) is 188 Å². The summed E-state index contributed by atoms with van der Waals surface area (Å²) in [6.07, 6.45) is 1.32. The highest BCUT2D eigenvalue weighted by Crippen LogP contribution is 2.30. The van der Waals surface area contributed by atoms with Crippen molar-refractivity contribution in [3.8, 4) is 0 Å². The van der Waals surface area contributed by atoms with E-state index in [9.17, 15) is 32.4 Å². The fourth-order valence-corrected chi connectivity index (χ4v) is 10.6. The summed E-state index contributed by atoms with van der Waals surface area (Å²) in [6, 6.07) is 5.36. The number of benzene rings is 1. The van der Waals surface area contributed by atoms with Crippen LogP contribution in [0.5, 0.6) is 0 Å². The van der Waals surface area contributed by atoms with Crippen LogP contribution in [0.25, 0.3) is 0 Å². The second-order valence-electron chi connectivity index (χ2n) is 19.6. The van der Waals surface area contributed by atoms with Crippen molar-refractivity contribution in [1.29, 1.82) is 0 Å². The monoisotopic (exact) mass is 1010 g/mol. The molecule has 400 valence electrons. The summed E-state index contributed by atoms with van der Waals surface area (Å²) in [5, 5.41) is 5.25. The Labute approximate surface area is 418 Å². The van der Waals surface area contributed by atoms with Crippen LogP contribution in [0.1, 0.15) is 92.6 Å². The summed E-state index contributed by atoms with van der Waals surface area (Å²) in [5.41, 5.74) is 6.16. The molecule has 0 unspecified atom stereocenters. The molecule has 1 saturated heterocycles. The van der Waals surface area contributed by atoms with Gasteiger partial charge in [0.2, 0.25) is 33.7 Å². The number of amides is 5. The largest absolute Gasteiger partial charge is 0.379 e. The van der Waals surface area contributed by atoms with Crippen molar-refractivity contribution in [3.05, 3.63) is 35.9 Å². The topological polar surface area (TPSA) is 237 Å². The molecule has 1 saturated carbocycles. The number of carbonyl (C=O) groups is 5. The minimum atomic E-state index is -3.88. The van der Waals surface area contributed by atoms with Crippen LogP contribution in [0, 0.1) is 23.7 Å². The lowest BCUT2D eigenvalue weighted by Crippen LogP contribution is -2.60. The Hall–Kier alpha value is -3.76. The molecule has 9 atom stereocenters. The van der Waals surface area contributed by atoms with Gasteiger partial charge < -0.3 is 49.9 Å². The van der Waals surface area contributed by atoms with E-state index >= 15 is 0 Å². The smallest absolute Gasteiger partial charge is 0.256 e. The number of nitrogens with two attached hydrogens (primary N) is 1. The van der Waals surface area contributed by atoms with E-state index in [2.05, 4.69) is 15.4 Å². The van der Waals surface area contributed by atoms with Gasteiger partial charge in [-0.25, -0.2) is 8.42 Å². The van der Waals surface area contributed by atoms with Crippen LogP contribution in [0.3, 0.4) is 0 Å². The molecule has 2 aliphatic rings. The number of rotatable bonds is 34. The fourth-order valence-electron chi connectivity index (χ4n) is 9.30. The molecule has 1 aromatic rings. The number of likely N-dealkylation sites (N-methyl/N-ethyl adjacent to an activating group) is 2. The molecule has 19 nitrogen and oxygen atoms in total. The number of nitrogens with zero attached hydrogens (tertiary/aromatic N) is 3. The Morgan fingerprint density at radius 3 is 1.96 bits per heavy atom. The quantitative estimate of drug-likeness (QED) is 0.0726. The van der Waals surface area contributed by atoms with E-state index in [0.717, 1.165) is 5.56 Å². The van der Waals surface area contributed by atoms with Crippen molar-refractivity contribution in [2.45, 2.75) is 141 Å². The molecular formula is C50H87N7O12S. The van der Waals surface area contributed by atoms with Crippen LogP contribution < -0.4 is 21.1 Å². The molecule has 0 bridgehead atoms. The zero-order chi connectivity index (χ0) is 52.1. The zero-order valence-corrected chi connectivity index (χ0v) is 44.7. The SMILES string of the molecule is CC[C@H](C)[C@@H]([C@@H](CC(=O)N1CCC[C@H]1[C@H](OC)[C@@H](C)C(=O)N[C@@H](Cc1ccccc1)C(=O)NS(=O)(=O)C1CC1)OC)N(C)C(=O)[C@@H](NC(=O)[C@H](C(C)C)N(C)CCOCCOCCOCCN)C(C)C. The van der Waals surface area contributed by atoms with Crippen LogP contribution in [0.4, 0.5) is 0 Å². The van der Waals surface area contributed by atoms with Crippen LogP contribution in [0.2, 0.25) is 0 Å². The number of methoxy groups -OCH3 is 2. The number of sulfonamides is 1. The minimum absolute atomic E-state index is 0.0607. The first-order chi connectivity index (χ1) is 33.2. The number of ether oxygens (including phenoxy) is 5. The van der Waals surface area contributed by atoms with Gasteiger partial charge in [0.15, 0.2) is 0 Å². The van der Waals surface area contributed by atoms with Crippen LogP contribution >= 0.6 is 0 Å². The highest BCUT2D eigenvalue weighted by atomic mass is 32.2. The maximum absolute atomic E-state index is 14.6. The molecule has 0 radical (unpaired) electrons. The minimum Gasteiger partial charge on any atom is -0.379 e. The first-order valence-corrected chi connectivity index (χ1v) is 26.7. The van der Waals surface area contributed by atoms with E-state index in [1.165, 1.54) is 14.2 Å². The van der Waals surface area contributed by atoms with Gasteiger partial charge >= 0.3 is 0 Å². The lowest BCUT2D eigenvalue weighted by molar-refractivity contribution is -0.148. The van der Waals surface area contributed by atoms with Crippen molar-refractivity contribution in [1.82, 2.24) is 30.1 Å². The molecule has 1 aliphatic carbocycles. The molecule has 0 aromatic heterocycles. The molecule has 1 heterocycles. The number of likely N-dealkylation sites (tertiary alicyclic amines) is 1. The number of hydrogen-bond acceptors (Lipinski definition) is 14. The third kappa shape index (κ3) is 18.4. The second kappa shape index (κ2) is 30.3. The van der Waals surface area contributed by atoms with Gasteiger partial charge in [-0.05, 0) is 56.0 Å². The molecule has 5 N–H and O–H groups in total. The Bertz CT molecular complexity index is 1870. The van der Waals surface area contributed by atoms with Crippen molar-refractivity contribution in [3.63, 3.8) is 0 Å². The van der Waals surface area contributed by atoms with E-state index in [1.54, 1.807) is 48.0 Å². The maximum atomic E-state index is 14.6. The molecule has 1 aliphatic heterocycles. The van der Waals surface area contributed by atoms with E-state index in [0.29, 0.717) is 91.4 Å². The van der Waals surface area contributed by atoms with E-state index < -0.39 is 75.4 Å². The van der Waals surface area contributed by atoms with Crippen molar-refractivity contribution in [2.24, 2.45) is 29.4 Å². The fraction of sp³-hybridized carbons (Fsp3) is 0.780. The van der Waals surface area contributed by atoms with E-state index in [4.69, 9.17) is 29.4 Å². The Morgan fingerprint density at radius 2 is 1.41 bits per heavy atom. The molecule has 70 heavy (non-hydrogen) atoms. The zero-order valence-electron chi connectivity index (χ0n) is 43.9. The first-order valence-electron chi connectivity index (χ1n) is 25.2. The molecule has 20 heteroatoms. The summed E-state index contributed by atoms with van der Waals surface area (Å²) in [6.45, 7) is 17.3. The lowest BCUT2D eigenvalue weighted by atomic mass is 9.89. The third-order valence-electron chi connectivity index (χ3n) is 13.6. The molecule has 5 amide bonds. The first kappa shape index (κ1) is 60.5. The highest BCUT2D eigenvalue weighted by molar-refractivity contribution is 7.90. The van der Waals surface area contributed by atoms with Crippen molar-refractivity contribution >= 4 is 39.6 Å². The van der Waals surface area contributed by atoms with Gasteiger partial charge in [0, 0.05) is 47.3 Å². The van der Waals surface area contributed by atoms with Gasteiger partial charge in [-0.1, -0.05) is 85.2 Å². The van der Waals surface area contributed by atoms with Gasteiger partial charge in [0.1, 0.15) is 12.1 Å². The van der Waals surface area contributed by atoms with Gasteiger partial charge in [-0.2, -0.15) is 0 Å². The van der Waals surface area contributed by atoms with Gasteiger partial charge in [-0.3, -0.25) is 33.6 Å². The average molecular weight is 1010 g/mol. The summed E-state index contributed by atoms with van der Waals surface area (Å²) in [5.74, 6) is -3.45. The highest BCUT2D eigenvalue weighted by Gasteiger charge is 2.44. The predicted molar refractivity (Wildman–Crippen MR) is 268 cm³/mol. The van der Waals surface area contributed by atoms with E-state index in [1.807, 2.05) is 59.6 Å². The summed E-state index contributed by atoms with van der Waals surface area (Å²) >= 11 is 0. The molecule has 1 aromatic carbocycles. The number of carbonyl (C=O) groups excluding carboxylic acids is 5. The summed E-state index contributed by atoms with van der Waals surface area (Å²) < 4.78 is 56.3. The molecule has 3 rings (SSSR count). The second-order valence-corrected chi connectivity index (χ2v) is 21.5. The molecule has 2 fully saturated rings. The Kier molecular flexibility index (Phi) is 26.2. The summed E-state index contributed by atoms with van der Waals surface area (Å²) in [4.78, 5) is 75.9. The predicted octanol–water partition coefficient (Wildman–Crippen LogP) is 2.35. The Morgan fingerprint density at radius 1 is 0.800 bits per heavy atom. The van der Waals surface area contributed by atoms with Crippen LogP contribution in [-0.2, 0) is 64.1 Å². The van der Waals surface area contributed by atoms with Gasteiger partial charge in [0.05, 0.1) is 87.6 Å². The standard InChI is InChI=1S/C50H87N7O12S/c1-12-35(6)45(56(9)50(62)43(33(2)3)53-49(61)44(34(4)5)55(8)24-26-68-28-30-69-29-27-67-25-22-51)41(65-10)32-42(58)57-23-16-19-40(57)46(66-11)36(7)47(59)52-39(31-37-17-14-13-15-18-37)48(60)54-70(63,64)38-20-21-38/h13-15,17-18,33-36,38-41,43-46H,12,16,19-32,51H2,1-11H3,(H,52,59)(H,53,61)(H,54,60)/t35-,36+,39-,40-,41+,43-,44-,45-,46+/m0/s1. The third-order valence-corrected chi connectivity index (χ3v) is 15.4. The van der Waals surface area contributed by atoms with Crippen LogP contribution in [0.15, 0.2) is 30.3 Å². The van der Waals surface area contributed by atoms with Crippen molar-refractivity contribution in [2.75, 3.05) is 87.6 Å². The average Bonchev–Trinajstić information content (AvgIpc) is 4.09. The summed E-state index contributed by atoms with van der Waals surface area (Å²) in [7, 11) is 2.69. The number of nitrogens with one attached hydrogen (secondary N) is 3. The molecular weight excluding hydrogens is 923 g/mol. The number of hydrogen-bond donors (Lipinski definition) is 4. The van der Waals surface area contributed by atoms with Crippen molar-refractivity contribution < 1.29 is 56.1 Å². The molecule has 0 spiro atoms. The van der Waals surface area contributed by atoms with E-state index in [-0.39, 0.29) is 48.3 Å². The Balaban J connectivity index is 1.72. The van der Waals surface area contributed by atoms with Gasteiger partial charge in [-0.15, -0.1) is 0 Å². The maximum Gasteiger partial charge on any atom is 0.256 e. The normalized spacial score (nSPS) is 18.7. The van der Waals surface area contributed by atoms with Gasteiger partial charge in [0.25, 0.3) is 5.91 Å².